The minimum Gasteiger partial charge on any atom is -0.497 e. The summed E-state index contributed by atoms with van der Waals surface area (Å²) in [6, 6.07) is 18.8. The van der Waals surface area contributed by atoms with Gasteiger partial charge < -0.3 is 18.8 Å². The first-order valence-corrected chi connectivity index (χ1v) is 14.8. The van der Waals surface area contributed by atoms with E-state index in [9.17, 15) is 4.79 Å². The zero-order valence-corrected chi connectivity index (χ0v) is 25.1. The van der Waals surface area contributed by atoms with Crippen LogP contribution in [0.15, 0.2) is 82.3 Å². The van der Waals surface area contributed by atoms with Gasteiger partial charge in [-0.15, -0.1) is 5.10 Å². The first kappa shape index (κ1) is 28.8. The number of nitrogens with zero attached hydrogens (tertiary/aromatic N) is 5. The number of halogens is 1. The van der Waals surface area contributed by atoms with Crippen molar-refractivity contribution in [3.8, 4) is 22.6 Å². The number of anilines is 1. The van der Waals surface area contributed by atoms with Crippen LogP contribution in [-0.2, 0) is 13.1 Å². The molecule has 0 atom stereocenters. The number of aromatic nitrogens is 3. The minimum absolute atomic E-state index is 0.0856. The molecule has 1 aliphatic heterocycles. The number of piperazine rings is 1. The Morgan fingerprint density at radius 2 is 1.77 bits per heavy atom. The van der Waals surface area contributed by atoms with Crippen molar-refractivity contribution in [2.24, 2.45) is 0 Å². The Bertz CT molecular complexity index is 1760. The number of methoxy groups -OCH3 is 1. The smallest absolute Gasteiger partial charge is 0.200 e. The lowest BCUT2D eigenvalue weighted by Crippen LogP contribution is -2.46. The molecule has 0 radical (unpaired) electrons. The van der Waals surface area contributed by atoms with E-state index in [2.05, 4.69) is 33.1 Å². The first-order chi connectivity index (χ1) is 21.0. The number of rotatable bonds is 10. The monoisotopic (exact) mass is 599 g/mol. The molecule has 0 bridgehead atoms. The number of benzene rings is 3. The van der Waals surface area contributed by atoms with Crippen LogP contribution in [0.2, 0.25) is 5.02 Å². The van der Waals surface area contributed by atoms with Crippen molar-refractivity contribution in [3.63, 3.8) is 0 Å². The van der Waals surface area contributed by atoms with Gasteiger partial charge in [0.25, 0.3) is 0 Å². The number of aryl methyl sites for hydroxylation is 2. The van der Waals surface area contributed by atoms with Crippen LogP contribution in [0.4, 0.5) is 5.69 Å². The van der Waals surface area contributed by atoms with Crippen LogP contribution in [0.5, 0.6) is 11.5 Å². The largest absolute Gasteiger partial charge is 0.497 e. The maximum absolute atomic E-state index is 13.1. The lowest BCUT2D eigenvalue weighted by Gasteiger charge is -2.36. The standard InChI is InChI=1S/C33H34ClN5O4/c1-23-4-11-30(34)31(18-23)38-15-13-37(14-16-38)20-25-21-39(36-35-25)12-3-17-42-27-9-10-28-32(19-27)43-22-29(33(28)40)24-5-7-26(41-2)8-6-24/h4-11,18-19,21-22H,3,12-17,20H2,1-2H3. The average Bonchev–Trinajstić information content (AvgIpc) is 3.48. The number of hydrogen-bond donors (Lipinski definition) is 0. The summed E-state index contributed by atoms with van der Waals surface area (Å²) in [5, 5.41) is 9.99. The fourth-order valence-corrected chi connectivity index (χ4v) is 5.58. The van der Waals surface area contributed by atoms with E-state index in [-0.39, 0.29) is 5.43 Å². The zero-order chi connectivity index (χ0) is 29.8. The molecule has 0 unspecified atom stereocenters. The summed E-state index contributed by atoms with van der Waals surface area (Å²) >= 11 is 6.44. The van der Waals surface area contributed by atoms with Crippen molar-refractivity contribution in [1.29, 1.82) is 0 Å². The molecule has 1 saturated heterocycles. The molecule has 2 aromatic heterocycles. The highest BCUT2D eigenvalue weighted by Crippen LogP contribution is 2.28. The molecule has 5 aromatic rings. The molecule has 1 aliphatic rings. The first-order valence-electron chi connectivity index (χ1n) is 14.4. The molecule has 0 saturated carbocycles. The number of ether oxygens (including phenoxy) is 2. The van der Waals surface area contributed by atoms with Crippen LogP contribution in [0.3, 0.4) is 0 Å². The van der Waals surface area contributed by atoms with Crippen LogP contribution in [-0.4, -0.2) is 59.8 Å². The van der Waals surface area contributed by atoms with E-state index in [1.807, 2.05) is 47.3 Å². The summed E-state index contributed by atoms with van der Waals surface area (Å²) in [6.45, 7) is 7.80. The van der Waals surface area contributed by atoms with Gasteiger partial charge in [0, 0.05) is 58.0 Å². The normalized spacial score (nSPS) is 13.9. The van der Waals surface area contributed by atoms with E-state index in [0.29, 0.717) is 35.4 Å². The molecular formula is C33H34ClN5O4. The third kappa shape index (κ3) is 6.68. The van der Waals surface area contributed by atoms with Gasteiger partial charge in [-0.3, -0.25) is 14.4 Å². The molecule has 222 valence electrons. The second kappa shape index (κ2) is 12.9. The maximum Gasteiger partial charge on any atom is 0.200 e. The van der Waals surface area contributed by atoms with Gasteiger partial charge in [-0.25, -0.2) is 0 Å². The molecule has 0 aliphatic carbocycles. The third-order valence-corrected chi connectivity index (χ3v) is 8.05. The van der Waals surface area contributed by atoms with Crippen molar-refractivity contribution < 1.29 is 13.9 Å². The quantitative estimate of drug-likeness (QED) is 0.186. The van der Waals surface area contributed by atoms with Gasteiger partial charge in [-0.2, -0.15) is 0 Å². The van der Waals surface area contributed by atoms with Gasteiger partial charge in [0.05, 0.1) is 41.1 Å². The van der Waals surface area contributed by atoms with Crippen LogP contribution < -0.4 is 19.8 Å². The molecule has 9 nitrogen and oxygen atoms in total. The Labute approximate surface area is 255 Å². The van der Waals surface area contributed by atoms with Gasteiger partial charge in [0.15, 0.2) is 5.43 Å². The molecule has 43 heavy (non-hydrogen) atoms. The van der Waals surface area contributed by atoms with Gasteiger partial charge in [0.2, 0.25) is 0 Å². The van der Waals surface area contributed by atoms with Crippen molar-refractivity contribution in [2.75, 3.05) is 44.8 Å². The summed E-state index contributed by atoms with van der Waals surface area (Å²) in [5.41, 5.74) is 4.97. The topological polar surface area (TPSA) is 85.9 Å². The molecule has 3 aromatic carbocycles. The van der Waals surface area contributed by atoms with E-state index in [1.54, 1.807) is 25.3 Å². The molecule has 0 amide bonds. The summed E-state index contributed by atoms with van der Waals surface area (Å²) < 4.78 is 18.8. The molecule has 0 spiro atoms. The SMILES string of the molecule is COc1ccc(-c2coc3cc(OCCCn4cc(CN5CCN(c6cc(C)ccc6Cl)CC5)nn4)ccc3c2=O)cc1. The molecular weight excluding hydrogens is 566 g/mol. The third-order valence-electron chi connectivity index (χ3n) is 7.73. The number of fused-ring (bicyclic) bond motifs is 1. The maximum atomic E-state index is 13.1. The van der Waals surface area contributed by atoms with Crippen LogP contribution >= 0.6 is 11.6 Å². The Balaban J connectivity index is 0.973. The molecule has 10 heteroatoms. The lowest BCUT2D eigenvalue weighted by molar-refractivity contribution is 0.247. The number of hydrogen-bond acceptors (Lipinski definition) is 8. The lowest BCUT2D eigenvalue weighted by atomic mass is 10.1. The Morgan fingerprint density at radius 3 is 2.56 bits per heavy atom. The van der Waals surface area contributed by atoms with Crippen LogP contribution in [0.25, 0.3) is 22.1 Å². The highest BCUT2D eigenvalue weighted by Gasteiger charge is 2.20. The summed E-state index contributed by atoms with van der Waals surface area (Å²) in [7, 11) is 1.61. The molecule has 3 heterocycles. The Kier molecular flexibility index (Phi) is 8.62. The van der Waals surface area contributed by atoms with Crippen molar-refractivity contribution in [1.82, 2.24) is 19.9 Å². The molecule has 1 fully saturated rings. The van der Waals surface area contributed by atoms with E-state index in [4.69, 9.17) is 25.5 Å². The predicted octanol–water partition coefficient (Wildman–Crippen LogP) is 5.81. The second-order valence-electron chi connectivity index (χ2n) is 10.8. The molecule has 6 rings (SSSR count). The summed E-state index contributed by atoms with van der Waals surface area (Å²) in [5.74, 6) is 1.38. The Morgan fingerprint density at radius 1 is 0.977 bits per heavy atom. The fourth-order valence-electron chi connectivity index (χ4n) is 5.35. The minimum atomic E-state index is -0.0856. The van der Waals surface area contributed by atoms with E-state index >= 15 is 0 Å². The average molecular weight is 600 g/mol. The highest BCUT2D eigenvalue weighted by atomic mass is 35.5. The fraction of sp³-hybridized carbons (Fsp3) is 0.303. The Hall–Kier alpha value is -4.34. The van der Waals surface area contributed by atoms with Gasteiger partial charge in [-0.05, 0) is 54.4 Å². The van der Waals surface area contributed by atoms with Crippen LogP contribution in [0, 0.1) is 6.92 Å². The summed E-state index contributed by atoms with van der Waals surface area (Å²) in [6.07, 6.45) is 4.27. The highest BCUT2D eigenvalue weighted by molar-refractivity contribution is 6.33. The van der Waals surface area contributed by atoms with Crippen molar-refractivity contribution >= 4 is 28.3 Å². The predicted molar refractivity (Wildman–Crippen MR) is 168 cm³/mol. The van der Waals surface area contributed by atoms with E-state index in [0.717, 1.165) is 66.9 Å². The van der Waals surface area contributed by atoms with Crippen molar-refractivity contribution in [3.05, 3.63) is 99.6 Å². The van der Waals surface area contributed by atoms with Crippen LogP contribution in [0.1, 0.15) is 17.7 Å². The van der Waals surface area contributed by atoms with E-state index in [1.165, 1.54) is 11.8 Å². The van der Waals surface area contributed by atoms with Gasteiger partial charge >= 0.3 is 0 Å². The zero-order valence-electron chi connectivity index (χ0n) is 24.3. The molecule has 0 N–H and O–H groups in total. The second-order valence-corrected chi connectivity index (χ2v) is 11.2. The van der Waals surface area contributed by atoms with Gasteiger partial charge in [-0.1, -0.05) is 35.0 Å². The van der Waals surface area contributed by atoms with Gasteiger partial charge in [0.1, 0.15) is 23.3 Å². The van der Waals surface area contributed by atoms with Crippen molar-refractivity contribution in [2.45, 2.75) is 26.4 Å². The summed E-state index contributed by atoms with van der Waals surface area (Å²) in [4.78, 5) is 17.8. The van der Waals surface area contributed by atoms with E-state index < -0.39 is 0 Å².